The van der Waals surface area contributed by atoms with Gasteiger partial charge in [-0.15, -0.1) is 0 Å². The van der Waals surface area contributed by atoms with Crippen LogP contribution >= 0.6 is 0 Å². The molecule has 2 aliphatic rings. The molecular weight excluding hydrogens is 608 g/mol. The summed E-state index contributed by atoms with van der Waals surface area (Å²) in [5.41, 5.74) is -0.911. The summed E-state index contributed by atoms with van der Waals surface area (Å²) in [5, 5.41) is 10.3. The number of amides is 1. The fourth-order valence-corrected chi connectivity index (χ4v) is 5.38. The Morgan fingerprint density at radius 2 is 1.50 bits per heavy atom. The summed E-state index contributed by atoms with van der Waals surface area (Å²) in [6.07, 6.45) is 5.25. The van der Waals surface area contributed by atoms with Gasteiger partial charge in [0.2, 0.25) is 0 Å². The number of nitrogens with zero attached hydrogens (tertiary/aromatic N) is 1. The van der Waals surface area contributed by atoms with Gasteiger partial charge in [-0.05, 0) is 11.6 Å². The fourth-order valence-electron chi connectivity index (χ4n) is 4.73. The Labute approximate surface area is 202 Å². The molecule has 0 aliphatic heterocycles. The summed E-state index contributed by atoms with van der Waals surface area (Å²) in [5.74, 6) is -0.0828. The molecule has 32 heavy (non-hydrogen) atoms. The van der Waals surface area contributed by atoms with Crippen molar-refractivity contribution in [3.8, 4) is 0 Å². The summed E-state index contributed by atoms with van der Waals surface area (Å²) >= 11 is -0.700. The van der Waals surface area contributed by atoms with Crippen molar-refractivity contribution in [1.29, 1.82) is 0 Å². The van der Waals surface area contributed by atoms with E-state index in [9.17, 15) is 23.1 Å². The molecule has 2 saturated carbocycles. The third kappa shape index (κ3) is 4.76. The van der Waals surface area contributed by atoms with Crippen LogP contribution in [0.1, 0.15) is 72.9 Å². The first-order valence-corrected chi connectivity index (χ1v) is 13.4. The number of benzene rings is 2. The topological polar surface area (TPSA) is 40.5 Å². The normalized spacial score (nSPS) is 23.4. The van der Waals surface area contributed by atoms with Gasteiger partial charge in [-0.25, -0.2) is 4.39 Å². The van der Waals surface area contributed by atoms with Crippen molar-refractivity contribution in [2.24, 2.45) is 0 Å². The molecule has 2 aromatic carbocycles. The van der Waals surface area contributed by atoms with Crippen LogP contribution in [0.3, 0.4) is 0 Å². The minimum atomic E-state index is -3.14. The van der Waals surface area contributed by atoms with E-state index in [4.69, 9.17) is 0 Å². The average Bonchev–Trinajstić information content (AvgIpc) is 3.59. The van der Waals surface area contributed by atoms with E-state index in [-0.39, 0.29) is 35.3 Å². The molecule has 4 rings (SSSR count). The number of halogens is 3. The first-order valence-electron chi connectivity index (χ1n) is 11.2. The van der Waals surface area contributed by atoms with Crippen LogP contribution in [0.4, 0.5) is 13.2 Å². The van der Waals surface area contributed by atoms with E-state index < -0.39 is 34.9 Å². The van der Waals surface area contributed by atoms with Crippen molar-refractivity contribution >= 4 is 31.7 Å². The van der Waals surface area contributed by atoms with E-state index in [0.717, 1.165) is 51.0 Å². The minimum absolute atomic E-state index is 0.0902. The van der Waals surface area contributed by atoms with E-state index in [2.05, 4.69) is 0 Å². The number of rotatable bonds is 6. The molecule has 2 aromatic rings. The number of alkyl halides is 2. The van der Waals surface area contributed by atoms with Gasteiger partial charge >= 0.3 is 163 Å². The molecule has 0 radical (unpaired) electrons. The second-order valence-electron chi connectivity index (χ2n) is 9.24. The van der Waals surface area contributed by atoms with E-state index in [0.29, 0.717) is 5.56 Å². The second kappa shape index (κ2) is 9.08. The molecule has 2 fully saturated rings. The number of hydrogen-bond acceptors (Lipinski definition) is 2. The van der Waals surface area contributed by atoms with Gasteiger partial charge in [-0.2, -0.15) is 0 Å². The molecule has 1 amide bonds. The van der Waals surface area contributed by atoms with Crippen LogP contribution in [-0.4, -0.2) is 57.2 Å². The predicted molar refractivity (Wildman–Crippen MR) is 117 cm³/mol. The van der Waals surface area contributed by atoms with Gasteiger partial charge < -0.3 is 0 Å². The standard InChI is InChI=1S/C25H27F3NO2.Tl/c1-25(31,24(27)28)18-10-6-17(7-11-18)23(30)29(20-14-15-20)19-12-8-16(9-13-19)21-4-2-3-5-22(21)26;/h2-7,10-11,16,19-20,31H,8-9,12-15H2,1H3;/t16?,19?,25-;/m0./s1. The van der Waals surface area contributed by atoms with Crippen molar-refractivity contribution in [2.45, 2.75) is 72.5 Å². The van der Waals surface area contributed by atoms with Crippen LogP contribution in [-0.2, 0) is 5.60 Å². The fraction of sp³-hybridized carbons (Fsp3) is 0.480. The van der Waals surface area contributed by atoms with Gasteiger partial charge in [0.05, 0.1) is 0 Å². The molecule has 2 aliphatic carbocycles. The third-order valence-corrected chi connectivity index (χ3v) is 9.14. The zero-order valence-corrected chi connectivity index (χ0v) is 22.6. The second-order valence-corrected chi connectivity index (χ2v) is 12.1. The summed E-state index contributed by atoms with van der Waals surface area (Å²) in [7, 11) is 0. The molecule has 0 unspecified atom stereocenters. The Morgan fingerprint density at radius 1 is 0.969 bits per heavy atom. The number of hydrogen-bond donors (Lipinski definition) is 1. The molecule has 1 atom stereocenters. The molecule has 3 nitrogen and oxygen atoms in total. The predicted octanol–water partition coefficient (Wildman–Crippen LogP) is 5.13. The number of aliphatic hydroxyl groups is 1. The Bertz CT molecular complexity index is 962. The van der Waals surface area contributed by atoms with Gasteiger partial charge in [0.1, 0.15) is 5.82 Å². The summed E-state index contributed by atoms with van der Waals surface area (Å²) < 4.78 is 38.7. The van der Waals surface area contributed by atoms with Crippen LogP contribution in [0, 0.1) is 5.82 Å². The monoisotopic (exact) mass is 635 g/mol. The molecule has 0 heterocycles. The van der Waals surface area contributed by atoms with Crippen molar-refractivity contribution in [3.05, 3.63) is 71.0 Å². The molecule has 0 bridgehead atoms. The SMILES string of the molecule is C[C@](O)(c1ccc(C(=O)N(C2CCC(c3ccccc3F)CC2)C2CC2)cc1)[C](F)(F)[Tl]. The summed E-state index contributed by atoms with van der Waals surface area (Å²) in [4.78, 5) is 15.3. The third-order valence-electron chi connectivity index (χ3n) is 6.95. The molecule has 7 heteroatoms. The zero-order chi connectivity index (χ0) is 23.1. The molecule has 1 N–H and O–H groups in total. The van der Waals surface area contributed by atoms with Crippen LogP contribution in [0.2, 0.25) is 0 Å². The van der Waals surface area contributed by atoms with Crippen molar-refractivity contribution < 1.29 is 23.1 Å². The Morgan fingerprint density at radius 3 is 2.00 bits per heavy atom. The van der Waals surface area contributed by atoms with E-state index in [1.165, 1.54) is 18.2 Å². The van der Waals surface area contributed by atoms with Gasteiger partial charge in [-0.1, -0.05) is 18.2 Å². The number of carbonyl (C=O) groups excluding carboxylic acids is 1. The maximum atomic E-state index is 14.2. The Balaban J connectivity index is 1.47. The maximum absolute atomic E-state index is 14.2. The van der Waals surface area contributed by atoms with Crippen LogP contribution < -0.4 is 0 Å². The van der Waals surface area contributed by atoms with Gasteiger partial charge in [-0.3, -0.25) is 0 Å². The number of carbonyl (C=O) groups is 1. The van der Waals surface area contributed by atoms with Crippen molar-refractivity contribution in [3.63, 3.8) is 0 Å². The van der Waals surface area contributed by atoms with Crippen LogP contribution in [0.25, 0.3) is 0 Å². The first-order chi connectivity index (χ1) is 15.1. The van der Waals surface area contributed by atoms with E-state index >= 15 is 0 Å². The van der Waals surface area contributed by atoms with Crippen molar-refractivity contribution in [1.82, 2.24) is 4.90 Å². The van der Waals surface area contributed by atoms with E-state index in [1.807, 2.05) is 17.0 Å². The van der Waals surface area contributed by atoms with Crippen LogP contribution in [0.5, 0.6) is 0 Å². The summed E-state index contributed by atoms with van der Waals surface area (Å²) in [6.45, 7) is 1.12. The van der Waals surface area contributed by atoms with Crippen molar-refractivity contribution in [2.75, 3.05) is 0 Å². The van der Waals surface area contributed by atoms with Gasteiger partial charge in [0.15, 0.2) is 0 Å². The van der Waals surface area contributed by atoms with Gasteiger partial charge in [0, 0.05) is 0 Å². The molecule has 168 valence electrons. The quantitative estimate of drug-likeness (QED) is 0.448. The Kier molecular flexibility index (Phi) is 6.74. The molecule has 0 spiro atoms. The van der Waals surface area contributed by atoms with Gasteiger partial charge in [0.25, 0.3) is 0 Å². The first kappa shape index (κ1) is 23.7. The Hall–Kier alpha value is -1.42. The van der Waals surface area contributed by atoms with Crippen LogP contribution in [0.15, 0.2) is 48.5 Å². The summed E-state index contributed by atoms with van der Waals surface area (Å²) in [6, 6.07) is 13.2. The molecule has 0 saturated heterocycles. The zero-order valence-electron chi connectivity index (χ0n) is 18.1. The molecule has 0 aromatic heterocycles. The molecular formula is C25H27F3NO2Tl. The van der Waals surface area contributed by atoms with E-state index in [1.54, 1.807) is 18.2 Å². The average molecular weight is 635 g/mol.